The van der Waals surface area contributed by atoms with Crippen LogP contribution in [-0.2, 0) is 9.53 Å². The second kappa shape index (κ2) is 7.49. The molecular weight excluding hydrogens is 276 g/mol. The van der Waals surface area contributed by atoms with E-state index in [1.807, 2.05) is 0 Å². The van der Waals surface area contributed by atoms with Crippen LogP contribution in [0.25, 0.3) is 0 Å². The van der Waals surface area contributed by atoms with Gasteiger partial charge in [0.1, 0.15) is 0 Å². The van der Waals surface area contributed by atoms with Gasteiger partial charge in [-0.25, -0.2) is 4.98 Å². The number of rotatable bonds is 7. The number of ether oxygens (including phenoxy) is 1. The maximum Gasteiger partial charge on any atom is 0.312 e. The average molecular weight is 289 g/mol. The monoisotopic (exact) mass is 288 g/mol. The topological polar surface area (TPSA) is 106 Å². The van der Waals surface area contributed by atoms with E-state index >= 15 is 0 Å². The van der Waals surface area contributed by atoms with E-state index in [0.717, 1.165) is 0 Å². The van der Waals surface area contributed by atoms with Gasteiger partial charge in [0, 0.05) is 25.9 Å². The first kappa shape index (κ1) is 15.1. The third kappa shape index (κ3) is 5.06. The van der Waals surface area contributed by atoms with E-state index < -0.39 is 4.92 Å². The molecule has 1 aromatic rings. The lowest BCUT2D eigenvalue weighted by atomic mass is 10.4. The first-order valence-corrected chi connectivity index (χ1v) is 5.72. The highest BCUT2D eigenvalue weighted by atomic mass is 35.5. The van der Waals surface area contributed by atoms with Crippen molar-refractivity contribution in [2.24, 2.45) is 0 Å². The number of hydrogen-bond donors (Lipinski definition) is 2. The summed E-state index contributed by atoms with van der Waals surface area (Å²) in [5.74, 6) is -0.320. The molecule has 0 atom stereocenters. The Labute approximate surface area is 114 Å². The van der Waals surface area contributed by atoms with Crippen molar-refractivity contribution in [1.82, 2.24) is 10.3 Å². The van der Waals surface area contributed by atoms with Crippen molar-refractivity contribution in [3.63, 3.8) is 0 Å². The summed E-state index contributed by atoms with van der Waals surface area (Å²) in [7, 11) is 1.52. The third-order valence-electron chi connectivity index (χ3n) is 2.08. The van der Waals surface area contributed by atoms with Crippen LogP contribution in [0.5, 0.6) is 0 Å². The molecule has 1 rings (SSSR count). The highest BCUT2D eigenvalue weighted by Crippen LogP contribution is 2.24. The average Bonchev–Trinajstić information content (AvgIpc) is 2.37. The highest BCUT2D eigenvalue weighted by Gasteiger charge is 2.16. The van der Waals surface area contributed by atoms with Gasteiger partial charge in [0.05, 0.1) is 23.1 Å². The van der Waals surface area contributed by atoms with Gasteiger partial charge in [-0.2, -0.15) is 0 Å². The van der Waals surface area contributed by atoms with E-state index in [-0.39, 0.29) is 29.0 Å². The Morgan fingerprint density at radius 1 is 1.63 bits per heavy atom. The minimum Gasteiger partial charge on any atom is -0.383 e. The van der Waals surface area contributed by atoms with Crippen LogP contribution in [0.1, 0.15) is 0 Å². The fourth-order valence-electron chi connectivity index (χ4n) is 1.22. The van der Waals surface area contributed by atoms with Crippen molar-refractivity contribution in [1.29, 1.82) is 0 Å². The van der Waals surface area contributed by atoms with Crippen LogP contribution < -0.4 is 10.6 Å². The Morgan fingerprint density at radius 2 is 2.37 bits per heavy atom. The van der Waals surface area contributed by atoms with Crippen molar-refractivity contribution in [3.8, 4) is 0 Å². The fourth-order valence-corrected chi connectivity index (χ4v) is 1.38. The van der Waals surface area contributed by atoms with Gasteiger partial charge in [0.2, 0.25) is 11.7 Å². The molecule has 0 aliphatic carbocycles. The van der Waals surface area contributed by atoms with Crippen molar-refractivity contribution < 1.29 is 14.5 Å². The van der Waals surface area contributed by atoms with Gasteiger partial charge in [-0.15, -0.1) is 0 Å². The number of nitrogens with zero attached hydrogens (tertiary/aromatic N) is 2. The minimum absolute atomic E-state index is 0.00343. The molecule has 0 radical (unpaired) electrons. The first-order valence-electron chi connectivity index (χ1n) is 5.34. The molecule has 0 saturated heterocycles. The number of carbonyl (C=O) groups excluding carboxylic acids is 1. The van der Waals surface area contributed by atoms with E-state index in [1.54, 1.807) is 0 Å². The fraction of sp³-hybridized carbons (Fsp3) is 0.400. The molecule has 1 aromatic heterocycles. The summed E-state index contributed by atoms with van der Waals surface area (Å²) in [6, 6.07) is 1.17. The van der Waals surface area contributed by atoms with Crippen LogP contribution in [0.4, 0.5) is 11.5 Å². The zero-order valence-corrected chi connectivity index (χ0v) is 10.9. The zero-order chi connectivity index (χ0) is 14.3. The molecule has 19 heavy (non-hydrogen) atoms. The molecule has 0 aliphatic rings. The molecule has 1 heterocycles. The van der Waals surface area contributed by atoms with Crippen LogP contribution in [0, 0.1) is 10.1 Å². The molecule has 2 N–H and O–H groups in total. The number of anilines is 1. The normalized spacial score (nSPS) is 10.0. The molecule has 0 saturated carbocycles. The summed E-state index contributed by atoms with van der Waals surface area (Å²) < 4.78 is 4.77. The van der Waals surface area contributed by atoms with Gasteiger partial charge in [0.25, 0.3) is 0 Å². The molecule has 8 nitrogen and oxygen atoms in total. The maximum absolute atomic E-state index is 11.4. The smallest absolute Gasteiger partial charge is 0.312 e. The molecule has 0 bridgehead atoms. The lowest BCUT2D eigenvalue weighted by Crippen LogP contribution is -2.32. The molecule has 104 valence electrons. The van der Waals surface area contributed by atoms with Gasteiger partial charge >= 0.3 is 5.69 Å². The van der Waals surface area contributed by atoms with Gasteiger partial charge < -0.3 is 15.4 Å². The Kier molecular flexibility index (Phi) is 5.97. The van der Waals surface area contributed by atoms with E-state index in [1.165, 1.54) is 19.4 Å². The number of nitrogens with one attached hydrogen (secondary N) is 2. The van der Waals surface area contributed by atoms with E-state index in [2.05, 4.69) is 15.6 Å². The Morgan fingerprint density at radius 3 is 3.00 bits per heavy atom. The molecule has 0 fully saturated rings. The van der Waals surface area contributed by atoms with Crippen molar-refractivity contribution >= 4 is 29.0 Å². The van der Waals surface area contributed by atoms with Crippen LogP contribution in [0.2, 0.25) is 5.02 Å². The molecule has 0 aromatic carbocycles. The summed E-state index contributed by atoms with van der Waals surface area (Å²) in [5.41, 5.74) is -0.280. The lowest BCUT2D eigenvalue weighted by Gasteiger charge is -2.07. The Bertz CT molecular complexity index is 469. The second-order valence-electron chi connectivity index (χ2n) is 3.47. The van der Waals surface area contributed by atoms with Crippen LogP contribution >= 0.6 is 11.6 Å². The number of halogens is 1. The molecule has 1 amide bonds. The first-order chi connectivity index (χ1) is 9.04. The number of nitro groups is 1. The number of methoxy groups -OCH3 is 1. The number of amides is 1. The number of pyridine rings is 1. The minimum atomic E-state index is -0.621. The van der Waals surface area contributed by atoms with E-state index in [0.29, 0.717) is 13.2 Å². The Balaban J connectivity index is 2.57. The number of hydrogen-bond acceptors (Lipinski definition) is 6. The molecule has 9 heteroatoms. The van der Waals surface area contributed by atoms with Gasteiger partial charge in [0.15, 0.2) is 0 Å². The Hall–Kier alpha value is -1.93. The van der Waals surface area contributed by atoms with Crippen molar-refractivity contribution in [2.75, 3.05) is 32.1 Å². The van der Waals surface area contributed by atoms with Gasteiger partial charge in [-0.3, -0.25) is 14.9 Å². The molecular formula is C10H13ClN4O4. The van der Waals surface area contributed by atoms with Gasteiger partial charge in [-0.05, 0) is 0 Å². The maximum atomic E-state index is 11.4. The number of aromatic nitrogens is 1. The predicted molar refractivity (Wildman–Crippen MR) is 69.3 cm³/mol. The zero-order valence-electron chi connectivity index (χ0n) is 10.2. The quantitative estimate of drug-likeness (QED) is 0.437. The predicted octanol–water partition coefficient (Wildman–Crippen LogP) is 0.818. The standard InChI is InChI=1S/C10H13ClN4O4/c1-19-3-2-12-9(16)6-14-10-8(15(17)18)4-7(11)5-13-10/h4-5H,2-3,6H2,1H3,(H,12,16)(H,13,14). The van der Waals surface area contributed by atoms with Gasteiger partial charge in [-0.1, -0.05) is 11.6 Å². The third-order valence-corrected chi connectivity index (χ3v) is 2.28. The summed E-state index contributed by atoms with van der Waals surface area (Å²) in [5, 5.41) is 16.1. The lowest BCUT2D eigenvalue weighted by molar-refractivity contribution is -0.384. The highest BCUT2D eigenvalue weighted by molar-refractivity contribution is 6.30. The molecule has 0 aliphatic heterocycles. The summed E-state index contributed by atoms with van der Waals surface area (Å²) >= 11 is 5.62. The van der Waals surface area contributed by atoms with Crippen molar-refractivity contribution in [3.05, 3.63) is 27.4 Å². The summed E-state index contributed by atoms with van der Waals surface area (Å²) in [4.78, 5) is 25.3. The molecule has 0 unspecified atom stereocenters. The van der Waals surface area contributed by atoms with Crippen LogP contribution in [-0.4, -0.2) is 42.6 Å². The summed E-state index contributed by atoms with van der Waals surface area (Å²) in [6.45, 7) is 0.636. The van der Waals surface area contributed by atoms with E-state index in [9.17, 15) is 14.9 Å². The summed E-state index contributed by atoms with van der Waals surface area (Å²) in [6.07, 6.45) is 1.26. The van der Waals surface area contributed by atoms with Crippen molar-refractivity contribution in [2.45, 2.75) is 0 Å². The van der Waals surface area contributed by atoms with Crippen LogP contribution in [0.3, 0.4) is 0 Å². The van der Waals surface area contributed by atoms with E-state index in [4.69, 9.17) is 16.3 Å². The molecule has 0 spiro atoms. The SMILES string of the molecule is COCCNC(=O)CNc1ncc(Cl)cc1[N+](=O)[O-]. The largest absolute Gasteiger partial charge is 0.383 e. The second-order valence-corrected chi connectivity index (χ2v) is 3.91. The van der Waals surface area contributed by atoms with Crippen LogP contribution in [0.15, 0.2) is 12.3 Å². The number of carbonyl (C=O) groups is 1.